The summed E-state index contributed by atoms with van der Waals surface area (Å²) in [4.78, 5) is 20.8. The van der Waals surface area contributed by atoms with E-state index >= 15 is 0 Å². The molecular weight excluding hydrogens is 521 g/mol. The molecule has 4 rings (SSSR count). The Hall–Kier alpha value is -4.22. The number of primary amides is 1. The van der Waals surface area contributed by atoms with Gasteiger partial charge in [0.2, 0.25) is 15.9 Å². The highest BCUT2D eigenvalue weighted by Crippen LogP contribution is 2.32. The fourth-order valence-electron chi connectivity index (χ4n) is 4.24. The lowest BCUT2D eigenvalue weighted by atomic mass is 9.99. The molecule has 0 aliphatic carbocycles. The number of anilines is 1. The minimum atomic E-state index is -3.50. The molecule has 4 N–H and O–H groups in total. The topological polar surface area (TPSA) is 132 Å². The van der Waals surface area contributed by atoms with Crippen LogP contribution in [-0.2, 0) is 21.2 Å². The molecule has 0 saturated carbocycles. The number of aliphatic imine (C=N–C) groups is 1. The number of sulfonamides is 1. The van der Waals surface area contributed by atoms with Crippen molar-refractivity contribution >= 4 is 43.9 Å². The number of aromatic nitrogens is 1. The molecule has 4 aromatic rings. The van der Waals surface area contributed by atoms with E-state index in [9.17, 15) is 22.7 Å². The van der Waals surface area contributed by atoms with Crippen LogP contribution in [0.3, 0.4) is 0 Å². The third-order valence-electron chi connectivity index (χ3n) is 6.11. The maximum atomic E-state index is 13.9. The van der Waals surface area contributed by atoms with Crippen LogP contribution in [0.1, 0.15) is 16.7 Å². The van der Waals surface area contributed by atoms with E-state index in [0.29, 0.717) is 45.7 Å². The van der Waals surface area contributed by atoms with Gasteiger partial charge in [-0.15, -0.1) is 0 Å². The number of nitrogens with zero attached hydrogens (tertiary/aromatic N) is 3. The number of carbonyl (C=O) groups is 1. The van der Waals surface area contributed by atoms with Gasteiger partial charge in [-0.05, 0) is 62.1 Å². The summed E-state index contributed by atoms with van der Waals surface area (Å²) in [5, 5.41) is 11.4. The summed E-state index contributed by atoms with van der Waals surface area (Å²) in [6.45, 7) is 0.834. The van der Waals surface area contributed by atoms with Gasteiger partial charge in [0.05, 0.1) is 40.8 Å². The summed E-state index contributed by atoms with van der Waals surface area (Å²) in [7, 11) is 0.235. The molecule has 0 radical (unpaired) electrons. The Morgan fingerprint density at radius 2 is 1.69 bits per heavy atom. The predicted molar refractivity (Wildman–Crippen MR) is 152 cm³/mol. The summed E-state index contributed by atoms with van der Waals surface area (Å²) in [6, 6.07) is 17.9. The Bertz CT molecular complexity index is 1630. The number of benzene rings is 3. The van der Waals surface area contributed by atoms with Gasteiger partial charge in [-0.3, -0.25) is 9.10 Å². The predicted octanol–water partition coefficient (Wildman–Crippen LogP) is 3.54. The van der Waals surface area contributed by atoms with Gasteiger partial charge in [0.1, 0.15) is 5.82 Å². The smallest absolute Gasteiger partial charge is 0.232 e. The van der Waals surface area contributed by atoms with Gasteiger partial charge in [0.25, 0.3) is 0 Å². The Balaban J connectivity index is 1.80. The number of hydrogen-bond donors (Lipinski definition) is 3. The second kappa shape index (κ2) is 11.3. The van der Waals surface area contributed by atoms with Crippen LogP contribution in [0.15, 0.2) is 71.7 Å². The van der Waals surface area contributed by atoms with Gasteiger partial charge in [-0.25, -0.2) is 17.8 Å². The maximum Gasteiger partial charge on any atom is 0.232 e. The fraction of sp³-hybridized carbons (Fsp3) is 0.214. The van der Waals surface area contributed by atoms with E-state index in [4.69, 9.17) is 10.7 Å². The fourth-order valence-corrected chi connectivity index (χ4v) is 5.16. The van der Waals surface area contributed by atoms with Gasteiger partial charge < -0.3 is 20.7 Å². The van der Waals surface area contributed by atoms with E-state index < -0.39 is 21.7 Å². The van der Waals surface area contributed by atoms with E-state index in [0.717, 1.165) is 11.8 Å². The number of hydrogen-bond acceptors (Lipinski definition) is 6. The molecule has 0 spiro atoms. The van der Waals surface area contributed by atoms with E-state index in [-0.39, 0.29) is 18.8 Å². The second-order valence-electron chi connectivity index (χ2n) is 9.49. The molecule has 0 atom stereocenters. The first-order valence-corrected chi connectivity index (χ1v) is 14.0. The third-order valence-corrected chi connectivity index (χ3v) is 7.31. The van der Waals surface area contributed by atoms with Gasteiger partial charge in [-0.2, -0.15) is 0 Å². The lowest BCUT2D eigenvalue weighted by Crippen LogP contribution is -2.35. The number of fused-ring (bicyclic) bond motifs is 1. The molecule has 0 aliphatic heterocycles. The average molecular weight is 552 g/mol. The average Bonchev–Trinajstić information content (AvgIpc) is 3.17. The van der Waals surface area contributed by atoms with Crippen molar-refractivity contribution < 1.29 is 22.7 Å². The van der Waals surface area contributed by atoms with E-state index in [1.807, 2.05) is 19.0 Å². The molecule has 1 heterocycles. The van der Waals surface area contributed by atoms with Gasteiger partial charge in [0, 0.05) is 24.0 Å². The molecule has 3 aromatic carbocycles. The Labute approximate surface area is 226 Å². The number of rotatable bonds is 10. The highest BCUT2D eigenvalue weighted by molar-refractivity contribution is 7.92. The van der Waals surface area contributed by atoms with Gasteiger partial charge in [0.15, 0.2) is 5.88 Å². The number of likely N-dealkylation sites (N-methyl/N-ethyl adjacent to an activating group) is 1. The zero-order valence-corrected chi connectivity index (χ0v) is 22.7. The number of nitrogens with two attached hydrogens (primary N) is 1. The second-order valence-corrected chi connectivity index (χ2v) is 11.4. The van der Waals surface area contributed by atoms with Gasteiger partial charge in [-0.1, -0.05) is 24.3 Å². The molecule has 11 heteroatoms. The minimum Gasteiger partial charge on any atom is -0.494 e. The number of H-pyrrole nitrogens is 1. The Morgan fingerprint density at radius 3 is 2.28 bits per heavy atom. The molecule has 0 bridgehead atoms. The van der Waals surface area contributed by atoms with Crippen LogP contribution in [0.4, 0.5) is 15.8 Å². The van der Waals surface area contributed by atoms with Crippen molar-refractivity contribution in [2.24, 2.45) is 10.7 Å². The normalized spacial score (nSPS) is 12.3. The monoisotopic (exact) mass is 551 g/mol. The first-order chi connectivity index (χ1) is 18.4. The van der Waals surface area contributed by atoms with E-state index in [1.165, 1.54) is 16.4 Å². The van der Waals surface area contributed by atoms with Crippen LogP contribution in [0, 0.1) is 5.82 Å². The highest BCUT2D eigenvalue weighted by atomic mass is 32.2. The van der Waals surface area contributed by atoms with Crippen molar-refractivity contribution in [3.63, 3.8) is 0 Å². The van der Waals surface area contributed by atoms with Crippen molar-refractivity contribution in [2.45, 2.75) is 6.42 Å². The zero-order valence-electron chi connectivity index (χ0n) is 21.8. The number of nitrogens with one attached hydrogen (secondary N) is 1. The lowest BCUT2D eigenvalue weighted by molar-refractivity contribution is -0.117. The van der Waals surface area contributed by atoms with Crippen molar-refractivity contribution in [2.75, 3.05) is 37.7 Å². The zero-order chi connectivity index (χ0) is 28.3. The molecule has 0 aliphatic rings. The molecule has 0 fully saturated rings. The van der Waals surface area contributed by atoms with Crippen molar-refractivity contribution in [1.29, 1.82) is 0 Å². The summed E-state index contributed by atoms with van der Waals surface area (Å²) in [5.41, 5.74) is 8.86. The summed E-state index contributed by atoms with van der Waals surface area (Å²) < 4.78 is 40.0. The summed E-state index contributed by atoms with van der Waals surface area (Å²) in [6.07, 6.45) is 1.24. The molecule has 39 heavy (non-hydrogen) atoms. The summed E-state index contributed by atoms with van der Waals surface area (Å²) in [5.74, 6) is -1.09. The Morgan fingerprint density at radius 1 is 1.03 bits per heavy atom. The van der Waals surface area contributed by atoms with E-state index in [2.05, 4.69) is 4.98 Å². The van der Waals surface area contributed by atoms with Crippen molar-refractivity contribution in [3.05, 3.63) is 89.2 Å². The number of aromatic hydroxyl groups is 1. The molecule has 0 unspecified atom stereocenters. The van der Waals surface area contributed by atoms with Crippen LogP contribution in [0.5, 0.6) is 5.88 Å². The molecule has 204 valence electrons. The summed E-state index contributed by atoms with van der Waals surface area (Å²) >= 11 is 0. The molecule has 9 nitrogen and oxygen atoms in total. The molecule has 0 saturated heterocycles. The largest absolute Gasteiger partial charge is 0.494 e. The lowest BCUT2D eigenvalue weighted by Gasteiger charge is -2.24. The Kier molecular flexibility index (Phi) is 8.03. The minimum absolute atomic E-state index is 0.0799. The molecule has 1 amide bonds. The molecular formula is C28H30FN5O4S. The van der Waals surface area contributed by atoms with Crippen molar-refractivity contribution in [1.82, 2.24) is 9.88 Å². The first kappa shape index (κ1) is 27.8. The highest BCUT2D eigenvalue weighted by Gasteiger charge is 2.20. The van der Waals surface area contributed by atoms with E-state index in [1.54, 1.807) is 54.6 Å². The van der Waals surface area contributed by atoms with Crippen LogP contribution >= 0.6 is 0 Å². The van der Waals surface area contributed by atoms with Crippen LogP contribution < -0.4 is 10.0 Å². The first-order valence-electron chi connectivity index (χ1n) is 12.1. The van der Waals surface area contributed by atoms with Crippen LogP contribution in [0.2, 0.25) is 0 Å². The van der Waals surface area contributed by atoms with Crippen LogP contribution in [-0.4, -0.2) is 68.5 Å². The quantitative estimate of drug-likeness (QED) is 0.260. The van der Waals surface area contributed by atoms with Crippen molar-refractivity contribution in [3.8, 4) is 5.88 Å². The van der Waals surface area contributed by atoms with Gasteiger partial charge >= 0.3 is 0 Å². The number of aromatic amines is 1. The SMILES string of the molecule is CN(C)CCN(c1ccc(N=C(c2ccc(CC(N)=O)cc2)c2c(O)[nH]c3cc(F)ccc23)cc1)S(C)(=O)=O. The maximum absolute atomic E-state index is 13.9. The standard InChI is InChI=1S/C28H30FN5O4S/c1-33(2)14-15-34(39(3,37)38)22-11-9-21(10-12-22)31-27(19-6-4-18(5-7-19)16-25(30)35)26-23-13-8-20(29)17-24(23)32-28(26)36/h4-13,17,32,36H,14-16H2,1-3H3,(H2,30,35). The van der Waals surface area contributed by atoms with Crippen LogP contribution in [0.25, 0.3) is 10.9 Å². The third kappa shape index (κ3) is 6.62. The molecule has 1 aromatic heterocycles. The number of carbonyl (C=O) groups excluding carboxylic acids is 1. The number of amides is 1. The number of halogens is 1.